The van der Waals surface area contributed by atoms with Crippen molar-refractivity contribution >= 4 is 29.3 Å². The Morgan fingerprint density at radius 3 is 2.68 bits per heavy atom. The smallest absolute Gasteiger partial charge is 0.299 e. The zero-order chi connectivity index (χ0) is 16.2. The van der Waals surface area contributed by atoms with Crippen LogP contribution in [0, 0.1) is 4.77 Å². The monoisotopic (exact) mass is 330 g/mol. The summed E-state index contributed by atoms with van der Waals surface area (Å²) in [5, 5.41) is 29.0. The molecule has 0 spiro atoms. The van der Waals surface area contributed by atoms with E-state index in [2.05, 4.69) is 9.97 Å². The number of aromatic amines is 1. The molecule has 22 heavy (non-hydrogen) atoms. The lowest BCUT2D eigenvalue weighted by molar-refractivity contribution is -0.0517. The predicted octanol–water partition coefficient (Wildman–Crippen LogP) is -2.84. The van der Waals surface area contributed by atoms with Crippen LogP contribution < -0.4 is 17.1 Å². The number of hydrogen-bond donors (Lipinski definition) is 6. The van der Waals surface area contributed by atoms with Gasteiger partial charge in [-0.25, -0.2) is 0 Å². The van der Waals surface area contributed by atoms with Crippen molar-refractivity contribution in [1.29, 1.82) is 0 Å². The lowest BCUT2D eigenvalue weighted by Gasteiger charge is -2.16. The third kappa shape index (κ3) is 1.93. The molecule has 1 aliphatic rings. The third-order valence-electron chi connectivity index (χ3n) is 3.57. The molecule has 4 atom stereocenters. The van der Waals surface area contributed by atoms with Crippen molar-refractivity contribution in [3.05, 3.63) is 15.1 Å². The van der Waals surface area contributed by atoms with Gasteiger partial charge >= 0.3 is 0 Å². The number of hydrogen-bond acceptors (Lipinski definition) is 9. The van der Waals surface area contributed by atoms with Gasteiger partial charge in [-0.3, -0.25) is 9.36 Å². The molecule has 2 aromatic rings. The summed E-state index contributed by atoms with van der Waals surface area (Å²) in [6, 6.07) is 0. The summed E-state index contributed by atoms with van der Waals surface area (Å²) in [6.07, 6.45) is -4.80. The number of nitrogens with zero attached hydrogens (tertiary/aromatic N) is 3. The number of imidazole rings is 1. The fraction of sp³-hybridized carbons (Fsp3) is 0.500. The Labute approximate surface area is 127 Å². The van der Waals surface area contributed by atoms with Crippen LogP contribution in [-0.2, 0) is 4.74 Å². The normalized spacial score (nSPS) is 28.5. The van der Waals surface area contributed by atoms with E-state index in [1.165, 1.54) is 4.57 Å². The zero-order valence-corrected chi connectivity index (χ0v) is 11.9. The molecule has 0 aliphatic carbocycles. The number of aromatic nitrogens is 4. The quantitative estimate of drug-likeness (QED) is 0.250. The van der Waals surface area contributed by atoms with Crippen molar-refractivity contribution in [1.82, 2.24) is 19.2 Å². The summed E-state index contributed by atoms with van der Waals surface area (Å²) in [4.78, 5) is 18.6. The molecule has 1 saturated heterocycles. The number of fused-ring (bicyclic) bond motifs is 1. The second-order valence-electron chi connectivity index (χ2n) is 4.87. The highest BCUT2D eigenvalue weighted by molar-refractivity contribution is 7.71. The average Bonchev–Trinajstić information content (AvgIpc) is 2.95. The largest absolute Gasteiger partial charge is 0.394 e. The molecule has 0 amide bonds. The Kier molecular flexibility index (Phi) is 3.41. The molecule has 0 saturated carbocycles. The van der Waals surface area contributed by atoms with E-state index >= 15 is 0 Å². The van der Waals surface area contributed by atoms with Gasteiger partial charge in [-0.2, -0.15) is 9.66 Å². The first-order chi connectivity index (χ1) is 10.4. The van der Waals surface area contributed by atoms with Crippen LogP contribution in [0.25, 0.3) is 11.2 Å². The summed E-state index contributed by atoms with van der Waals surface area (Å²) >= 11 is 5.10. The maximum absolute atomic E-state index is 12.0. The minimum absolute atomic E-state index is 0.0144. The van der Waals surface area contributed by atoms with Crippen LogP contribution in [0.1, 0.15) is 6.23 Å². The van der Waals surface area contributed by atoms with Gasteiger partial charge in [0.1, 0.15) is 18.3 Å². The summed E-state index contributed by atoms with van der Waals surface area (Å²) in [5.74, 6) is 5.20. The van der Waals surface area contributed by atoms with Gasteiger partial charge in [-0.15, -0.1) is 0 Å². The van der Waals surface area contributed by atoms with Gasteiger partial charge in [0.25, 0.3) is 5.56 Å². The highest BCUT2D eigenvalue weighted by Crippen LogP contribution is 2.31. The lowest BCUT2D eigenvalue weighted by Crippen LogP contribution is -2.33. The van der Waals surface area contributed by atoms with Crippen LogP contribution in [0.5, 0.6) is 0 Å². The Morgan fingerprint density at radius 1 is 1.41 bits per heavy atom. The third-order valence-corrected chi connectivity index (χ3v) is 3.87. The van der Waals surface area contributed by atoms with E-state index in [1.54, 1.807) is 0 Å². The van der Waals surface area contributed by atoms with Crippen LogP contribution in [-0.4, -0.2) is 59.4 Å². The molecule has 11 nitrogen and oxygen atoms in total. The zero-order valence-electron chi connectivity index (χ0n) is 11.1. The molecule has 8 N–H and O–H groups in total. The number of nitrogens with two attached hydrogens (primary N) is 2. The van der Waals surface area contributed by atoms with E-state index in [9.17, 15) is 15.0 Å². The number of aliphatic hydroxyl groups is 3. The number of anilines is 1. The van der Waals surface area contributed by atoms with Crippen molar-refractivity contribution in [3.63, 3.8) is 0 Å². The highest BCUT2D eigenvalue weighted by atomic mass is 32.1. The molecular weight excluding hydrogens is 316 g/mol. The lowest BCUT2D eigenvalue weighted by atomic mass is 10.1. The Bertz CT molecular complexity index is 843. The molecule has 12 heteroatoms. The maximum Gasteiger partial charge on any atom is 0.299 e. The van der Waals surface area contributed by atoms with Crippen molar-refractivity contribution < 1.29 is 20.1 Å². The number of nitrogens with one attached hydrogen (secondary N) is 1. The van der Waals surface area contributed by atoms with Crippen LogP contribution in [0.15, 0.2) is 4.79 Å². The van der Waals surface area contributed by atoms with Crippen LogP contribution in [0.3, 0.4) is 0 Å². The maximum atomic E-state index is 12.0. The van der Waals surface area contributed by atoms with Gasteiger partial charge in [0.05, 0.1) is 6.61 Å². The fourth-order valence-electron chi connectivity index (χ4n) is 2.41. The Hall–Kier alpha value is -1.99. The molecule has 0 unspecified atom stereocenters. The second kappa shape index (κ2) is 5.03. The van der Waals surface area contributed by atoms with Crippen LogP contribution >= 0.6 is 12.2 Å². The van der Waals surface area contributed by atoms with Crippen molar-refractivity contribution in [3.8, 4) is 0 Å². The summed E-state index contributed by atoms with van der Waals surface area (Å²) < 4.78 is 7.27. The first kappa shape index (κ1) is 14.9. The van der Waals surface area contributed by atoms with E-state index in [-0.39, 0.29) is 21.9 Å². The van der Waals surface area contributed by atoms with Crippen molar-refractivity contribution in [2.24, 2.45) is 0 Å². The van der Waals surface area contributed by atoms with Crippen LogP contribution in [0.2, 0.25) is 0 Å². The standard InChI is InChI=1S/C10H14N6O5S/c11-9-14-6-3(7(20)16(9)12)13-10(22)15(6)8-5(19)4(18)2(1-17)21-8/h2,4-5,8,17-19H,1,12H2,(H2,11,14)(H,13,22)/t2-,4-,5-,8-/m1/s1. The molecule has 120 valence electrons. The van der Waals surface area contributed by atoms with E-state index in [1.807, 2.05) is 0 Å². The molecule has 0 aromatic carbocycles. The first-order valence-electron chi connectivity index (χ1n) is 6.27. The van der Waals surface area contributed by atoms with E-state index in [0.29, 0.717) is 4.68 Å². The number of rotatable bonds is 2. The van der Waals surface area contributed by atoms with Gasteiger partial charge in [0.2, 0.25) is 5.95 Å². The Morgan fingerprint density at radius 2 is 2.09 bits per heavy atom. The first-order valence-corrected chi connectivity index (χ1v) is 6.68. The van der Waals surface area contributed by atoms with Crippen LogP contribution in [0.4, 0.5) is 5.95 Å². The van der Waals surface area contributed by atoms with Gasteiger partial charge in [-0.1, -0.05) is 0 Å². The predicted molar refractivity (Wildman–Crippen MR) is 76.7 cm³/mol. The van der Waals surface area contributed by atoms with Gasteiger partial charge in [0.15, 0.2) is 22.2 Å². The van der Waals surface area contributed by atoms with Gasteiger partial charge < -0.3 is 36.6 Å². The summed E-state index contributed by atoms with van der Waals surface area (Å²) in [6.45, 7) is -0.490. The van der Waals surface area contributed by atoms with Gasteiger partial charge in [-0.05, 0) is 12.2 Å². The summed E-state index contributed by atoms with van der Waals surface area (Å²) in [5.41, 5.74) is 4.92. The van der Waals surface area contributed by atoms with Crippen molar-refractivity contribution in [2.75, 3.05) is 18.2 Å². The minimum Gasteiger partial charge on any atom is -0.394 e. The number of H-pyrrole nitrogens is 1. The number of aliphatic hydroxyl groups excluding tert-OH is 3. The minimum atomic E-state index is -1.37. The molecule has 2 aromatic heterocycles. The second-order valence-corrected chi connectivity index (χ2v) is 5.26. The molecule has 3 rings (SSSR count). The summed E-state index contributed by atoms with van der Waals surface area (Å²) in [7, 11) is 0. The van der Waals surface area contributed by atoms with Gasteiger partial charge in [0, 0.05) is 0 Å². The topological polar surface area (TPSA) is 178 Å². The molecule has 0 bridgehead atoms. The molecule has 1 aliphatic heterocycles. The molecule has 1 fully saturated rings. The Balaban J connectivity index is 2.22. The van der Waals surface area contributed by atoms with E-state index in [4.69, 9.17) is 33.6 Å². The molecule has 0 radical (unpaired) electrons. The molecule has 3 heterocycles. The highest BCUT2D eigenvalue weighted by Gasteiger charge is 2.44. The van der Waals surface area contributed by atoms with Crippen molar-refractivity contribution in [2.45, 2.75) is 24.5 Å². The van der Waals surface area contributed by atoms with E-state index < -0.39 is 36.7 Å². The molecular formula is C10H14N6O5S. The number of nitrogen functional groups attached to an aromatic ring is 2. The average molecular weight is 330 g/mol. The SMILES string of the molecule is Nc1nc2c([nH]c(=S)n2[C@@H]2O[C@H](CO)[C@@H](O)[C@H]2O)c(=O)n1N. The number of ether oxygens (including phenoxy) is 1. The fourth-order valence-corrected chi connectivity index (χ4v) is 2.71. The van der Waals surface area contributed by atoms with E-state index in [0.717, 1.165) is 0 Å².